The van der Waals surface area contributed by atoms with Gasteiger partial charge in [0.1, 0.15) is 17.5 Å². The maximum absolute atomic E-state index is 12.4. The second-order valence-corrected chi connectivity index (χ2v) is 7.15. The zero-order valence-electron chi connectivity index (χ0n) is 16.8. The van der Waals surface area contributed by atoms with Crippen molar-refractivity contribution >= 4 is 27.8 Å². The van der Waals surface area contributed by atoms with E-state index in [0.29, 0.717) is 23.0 Å². The van der Waals surface area contributed by atoms with Gasteiger partial charge in [-0.15, -0.1) is 0 Å². The minimum Gasteiger partial charge on any atom is -0.422 e. The van der Waals surface area contributed by atoms with Crippen molar-refractivity contribution in [3.05, 3.63) is 40.4 Å². The average Bonchev–Trinajstić information content (AvgIpc) is 3.07. The largest absolute Gasteiger partial charge is 0.422 e. The van der Waals surface area contributed by atoms with E-state index in [1.54, 1.807) is 10.7 Å². The van der Waals surface area contributed by atoms with Crippen LogP contribution in [0.1, 0.15) is 32.3 Å². The highest BCUT2D eigenvalue weighted by molar-refractivity contribution is 6.02. The third-order valence-corrected chi connectivity index (χ3v) is 4.78. The molecule has 3 aromatic rings. The highest BCUT2D eigenvalue weighted by Gasteiger charge is 2.15. The molecule has 150 valence electrons. The lowest BCUT2D eigenvalue weighted by atomic mass is 10.1. The number of nitrogens with zero attached hydrogens (tertiary/aromatic N) is 3. The molecule has 0 aliphatic rings. The van der Waals surface area contributed by atoms with Crippen LogP contribution in [0.4, 0.5) is 0 Å². The van der Waals surface area contributed by atoms with Crippen molar-refractivity contribution in [1.29, 1.82) is 0 Å². The first-order chi connectivity index (χ1) is 13.5. The Balaban J connectivity index is 1.75. The van der Waals surface area contributed by atoms with Crippen LogP contribution in [-0.2, 0) is 11.3 Å². The molecule has 0 aliphatic heterocycles. The molecule has 0 aliphatic carbocycles. The van der Waals surface area contributed by atoms with Gasteiger partial charge in [-0.05, 0) is 45.0 Å². The Morgan fingerprint density at radius 1 is 1.18 bits per heavy atom. The SMILES string of the molecule is CCCN(CCC)CCNC(=O)Cn1ncc2c(=O)oc3ccc(C)cc3c21. The van der Waals surface area contributed by atoms with Gasteiger partial charge in [0, 0.05) is 18.5 Å². The molecule has 1 amide bonds. The normalized spacial score (nSPS) is 11.6. The van der Waals surface area contributed by atoms with Crippen LogP contribution in [0.25, 0.3) is 21.9 Å². The van der Waals surface area contributed by atoms with Gasteiger partial charge in [-0.25, -0.2) is 4.79 Å². The lowest BCUT2D eigenvalue weighted by Crippen LogP contribution is -2.37. The van der Waals surface area contributed by atoms with Crippen molar-refractivity contribution in [2.24, 2.45) is 0 Å². The molecule has 1 aromatic carbocycles. The fourth-order valence-electron chi connectivity index (χ4n) is 3.52. The van der Waals surface area contributed by atoms with Gasteiger partial charge in [0.25, 0.3) is 0 Å². The van der Waals surface area contributed by atoms with E-state index in [-0.39, 0.29) is 12.5 Å². The number of hydrogen-bond acceptors (Lipinski definition) is 5. The molecule has 0 atom stereocenters. The minimum atomic E-state index is -0.437. The summed E-state index contributed by atoms with van der Waals surface area (Å²) in [6.07, 6.45) is 3.67. The molecule has 0 bridgehead atoms. The van der Waals surface area contributed by atoms with Crippen LogP contribution in [-0.4, -0.2) is 46.8 Å². The standard InChI is InChI=1S/C21H28N4O3/c1-4-9-24(10-5-2)11-8-22-19(26)14-25-20-16-12-15(3)6-7-18(16)28-21(27)17(20)13-23-25/h6-7,12-13H,4-5,8-11,14H2,1-3H3,(H,22,26). The van der Waals surface area contributed by atoms with Crippen molar-refractivity contribution in [2.45, 2.75) is 40.2 Å². The Hall–Kier alpha value is -2.67. The van der Waals surface area contributed by atoms with E-state index in [1.165, 1.54) is 6.20 Å². The lowest BCUT2D eigenvalue weighted by Gasteiger charge is -2.20. The number of nitrogens with one attached hydrogen (secondary N) is 1. The number of fused-ring (bicyclic) bond motifs is 3. The van der Waals surface area contributed by atoms with Gasteiger partial charge in [-0.2, -0.15) is 5.10 Å². The predicted molar refractivity (Wildman–Crippen MR) is 111 cm³/mol. The summed E-state index contributed by atoms with van der Waals surface area (Å²) in [4.78, 5) is 27.0. The molecule has 7 nitrogen and oxygen atoms in total. The topological polar surface area (TPSA) is 80.4 Å². The van der Waals surface area contributed by atoms with Crippen LogP contribution in [0.2, 0.25) is 0 Å². The highest BCUT2D eigenvalue weighted by atomic mass is 16.4. The first kappa shape index (κ1) is 20.1. The van der Waals surface area contributed by atoms with Crippen LogP contribution in [0, 0.1) is 6.92 Å². The maximum atomic E-state index is 12.4. The number of carbonyl (C=O) groups is 1. The first-order valence-electron chi connectivity index (χ1n) is 9.91. The molecule has 2 aromatic heterocycles. The molecular weight excluding hydrogens is 356 g/mol. The second-order valence-electron chi connectivity index (χ2n) is 7.15. The molecule has 3 rings (SSSR count). The van der Waals surface area contributed by atoms with E-state index < -0.39 is 5.63 Å². The molecule has 1 N–H and O–H groups in total. The van der Waals surface area contributed by atoms with Gasteiger partial charge in [-0.3, -0.25) is 9.48 Å². The van der Waals surface area contributed by atoms with Crippen molar-refractivity contribution in [3.8, 4) is 0 Å². The van der Waals surface area contributed by atoms with E-state index in [9.17, 15) is 9.59 Å². The van der Waals surface area contributed by atoms with Crippen LogP contribution >= 0.6 is 0 Å². The van der Waals surface area contributed by atoms with Gasteiger partial charge in [0.2, 0.25) is 5.91 Å². The fraction of sp³-hybridized carbons (Fsp3) is 0.476. The molecule has 0 spiro atoms. The predicted octanol–water partition coefficient (Wildman–Crippen LogP) is 2.69. The van der Waals surface area contributed by atoms with E-state index in [0.717, 1.165) is 43.4 Å². The monoisotopic (exact) mass is 384 g/mol. The number of aryl methyl sites for hydroxylation is 1. The van der Waals surface area contributed by atoms with Gasteiger partial charge >= 0.3 is 5.63 Å². The van der Waals surface area contributed by atoms with Crippen molar-refractivity contribution in [1.82, 2.24) is 20.0 Å². The van der Waals surface area contributed by atoms with Gasteiger partial charge in [-0.1, -0.05) is 25.5 Å². The van der Waals surface area contributed by atoms with Crippen LogP contribution < -0.4 is 10.9 Å². The molecule has 0 radical (unpaired) electrons. The first-order valence-corrected chi connectivity index (χ1v) is 9.91. The molecule has 7 heteroatoms. The van der Waals surface area contributed by atoms with Crippen LogP contribution in [0.15, 0.2) is 33.6 Å². The van der Waals surface area contributed by atoms with E-state index >= 15 is 0 Å². The summed E-state index contributed by atoms with van der Waals surface area (Å²) in [5, 5.41) is 8.41. The lowest BCUT2D eigenvalue weighted by molar-refractivity contribution is -0.121. The van der Waals surface area contributed by atoms with Crippen molar-refractivity contribution < 1.29 is 9.21 Å². The molecule has 0 saturated heterocycles. The Labute approximate surface area is 164 Å². The summed E-state index contributed by atoms with van der Waals surface area (Å²) in [5.41, 5.74) is 1.75. The fourth-order valence-corrected chi connectivity index (χ4v) is 3.52. The van der Waals surface area contributed by atoms with Crippen molar-refractivity contribution in [3.63, 3.8) is 0 Å². The summed E-state index contributed by atoms with van der Waals surface area (Å²) in [5.74, 6) is -0.119. The minimum absolute atomic E-state index is 0.0670. The number of carbonyl (C=O) groups excluding carboxylic acids is 1. The third-order valence-electron chi connectivity index (χ3n) is 4.78. The van der Waals surface area contributed by atoms with Crippen molar-refractivity contribution in [2.75, 3.05) is 26.2 Å². The van der Waals surface area contributed by atoms with E-state index in [1.807, 2.05) is 19.1 Å². The van der Waals surface area contributed by atoms with E-state index in [4.69, 9.17) is 4.42 Å². The zero-order valence-corrected chi connectivity index (χ0v) is 16.8. The Morgan fingerprint density at radius 3 is 2.64 bits per heavy atom. The molecule has 28 heavy (non-hydrogen) atoms. The van der Waals surface area contributed by atoms with Gasteiger partial charge in [0.15, 0.2) is 0 Å². The zero-order chi connectivity index (χ0) is 20.1. The smallest absolute Gasteiger partial charge is 0.347 e. The summed E-state index contributed by atoms with van der Waals surface area (Å²) in [7, 11) is 0. The summed E-state index contributed by atoms with van der Waals surface area (Å²) >= 11 is 0. The summed E-state index contributed by atoms with van der Waals surface area (Å²) < 4.78 is 6.95. The second kappa shape index (κ2) is 9.01. The number of hydrogen-bond donors (Lipinski definition) is 1. The highest BCUT2D eigenvalue weighted by Crippen LogP contribution is 2.23. The molecule has 2 heterocycles. The summed E-state index contributed by atoms with van der Waals surface area (Å²) in [6, 6.07) is 5.62. The Morgan fingerprint density at radius 2 is 1.93 bits per heavy atom. The molecular formula is C21H28N4O3. The number of aromatic nitrogens is 2. The summed E-state index contributed by atoms with van der Waals surface area (Å²) in [6.45, 7) is 9.86. The van der Waals surface area contributed by atoms with Crippen LogP contribution in [0.3, 0.4) is 0 Å². The maximum Gasteiger partial charge on any atom is 0.347 e. The Bertz CT molecular complexity index is 1020. The van der Waals surface area contributed by atoms with Gasteiger partial charge < -0.3 is 14.6 Å². The Kier molecular flexibility index (Phi) is 6.46. The quantitative estimate of drug-likeness (QED) is 0.574. The third kappa shape index (κ3) is 4.42. The molecule has 0 fully saturated rings. The van der Waals surface area contributed by atoms with E-state index in [2.05, 4.69) is 29.2 Å². The average molecular weight is 384 g/mol. The number of rotatable bonds is 9. The van der Waals surface area contributed by atoms with Crippen LogP contribution in [0.5, 0.6) is 0 Å². The molecule has 0 saturated carbocycles. The van der Waals surface area contributed by atoms with Gasteiger partial charge in [0.05, 0.1) is 11.7 Å². The molecule has 0 unspecified atom stereocenters. The number of amides is 1. The number of benzene rings is 1.